The van der Waals surface area contributed by atoms with E-state index in [1.807, 2.05) is 0 Å². The molecule has 2 N–H and O–H groups in total. The summed E-state index contributed by atoms with van der Waals surface area (Å²) in [5.41, 5.74) is 7.34. The van der Waals surface area contributed by atoms with Crippen LogP contribution in [-0.4, -0.2) is 37.2 Å². The molecule has 5 heteroatoms. The Morgan fingerprint density at radius 1 is 1.10 bits per heavy atom. The summed E-state index contributed by atoms with van der Waals surface area (Å²) in [4.78, 5) is 17.9. The van der Waals surface area contributed by atoms with E-state index in [1.54, 1.807) is 0 Å². The molecule has 1 aromatic heterocycles. The first-order chi connectivity index (χ1) is 19.1. The third-order valence-corrected chi connectivity index (χ3v) is 9.30. The molecular formula is C34H47N3O2. The molecule has 3 atom stereocenters. The van der Waals surface area contributed by atoms with Gasteiger partial charge in [-0.15, -0.1) is 0 Å². The van der Waals surface area contributed by atoms with E-state index in [2.05, 4.69) is 60.9 Å². The summed E-state index contributed by atoms with van der Waals surface area (Å²) in [6, 6.07) is 8.96. The molecule has 3 aliphatic carbocycles. The Bertz CT molecular complexity index is 1230. The zero-order valence-corrected chi connectivity index (χ0v) is 24.3. The number of carbonyl (C=O) groups is 1. The van der Waals surface area contributed by atoms with Crippen molar-refractivity contribution in [3.63, 3.8) is 0 Å². The first kappa shape index (κ1) is 27.9. The molecule has 39 heavy (non-hydrogen) atoms. The molecule has 1 aromatic carbocycles. The number of aryl methyl sites for hydroxylation is 1. The number of nitrogens with one attached hydrogen (secondary N) is 2. The van der Waals surface area contributed by atoms with Gasteiger partial charge in [-0.3, -0.25) is 9.78 Å². The second-order valence-electron chi connectivity index (χ2n) is 12.0. The highest BCUT2D eigenvalue weighted by Gasteiger charge is 2.51. The molecule has 2 aromatic rings. The number of allylic oxidation sites excluding steroid dienone is 3. The fraction of sp³-hybridized carbons (Fsp3) is 0.588. The van der Waals surface area contributed by atoms with Gasteiger partial charge in [0, 0.05) is 35.3 Å². The minimum atomic E-state index is -0.477. The van der Waals surface area contributed by atoms with Crippen molar-refractivity contribution in [1.82, 2.24) is 10.3 Å². The molecule has 2 bridgehead atoms. The molecule has 0 amide bonds. The number of anilines is 1. The highest BCUT2D eigenvalue weighted by Crippen LogP contribution is 2.52. The van der Waals surface area contributed by atoms with Crippen LogP contribution in [0.3, 0.4) is 0 Å². The monoisotopic (exact) mass is 529 g/mol. The molecule has 5 rings (SSSR count). The Balaban J connectivity index is 1.04. The normalized spacial score (nSPS) is 25.3. The number of benzene rings is 1. The summed E-state index contributed by atoms with van der Waals surface area (Å²) >= 11 is 0. The Hall–Kier alpha value is -2.66. The number of unbranched alkanes of at least 4 members (excludes halogenated alkanes) is 4. The zero-order chi connectivity index (χ0) is 27.2. The molecule has 0 spiro atoms. The number of aromatic nitrogens is 1. The number of esters is 1. The summed E-state index contributed by atoms with van der Waals surface area (Å²) in [6.45, 7) is 6.28. The Labute approximate surface area is 234 Å². The van der Waals surface area contributed by atoms with Gasteiger partial charge in [-0.25, -0.2) is 0 Å². The second-order valence-corrected chi connectivity index (χ2v) is 12.0. The number of carbonyl (C=O) groups excluding carboxylic acids is 1. The summed E-state index contributed by atoms with van der Waals surface area (Å²) in [6.07, 6.45) is 18.2. The molecule has 5 nitrogen and oxygen atoms in total. The van der Waals surface area contributed by atoms with Crippen LogP contribution in [0, 0.1) is 11.3 Å². The molecule has 3 aliphatic rings. The predicted molar refractivity (Wildman–Crippen MR) is 161 cm³/mol. The van der Waals surface area contributed by atoms with Crippen molar-refractivity contribution in [2.45, 2.75) is 96.9 Å². The largest absolute Gasteiger partial charge is 0.468 e. The number of nitrogens with zero attached hydrogens (tertiary/aromatic N) is 1. The molecular weight excluding hydrogens is 482 g/mol. The van der Waals surface area contributed by atoms with Gasteiger partial charge in [0.25, 0.3) is 0 Å². The third kappa shape index (κ3) is 5.94. The Morgan fingerprint density at radius 3 is 2.69 bits per heavy atom. The van der Waals surface area contributed by atoms with Crippen LogP contribution in [0.1, 0.15) is 89.3 Å². The molecule has 1 saturated carbocycles. The molecule has 0 aliphatic heterocycles. The molecule has 210 valence electrons. The number of hydrogen-bond acceptors (Lipinski definition) is 5. The van der Waals surface area contributed by atoms with Gasteiger partial charge in [0.15, 0.2) is 0 Å². The summed E-state index contributed by atoms with van der Waals surface area (Å²) < 4.78 is 5.32. The predicted octanol–water partition coefficient (Wildman–Crippen LogP) is 7.30. The van der Waals surface area contributed by atoms with Crippen molar-refractivity contribution in [3.05, 3.63) is 58.8 Å². The average Bonchev–Trinajstić information content (AvgIpc) is 2.94. The van der Waals surface area contributed by atoms with Crippen molar-refractivity contribution < 1.29 is 9.53 Å². The van der Waals surface area contributed by atoms with Gasteiger partial charge >= 0.3 is 5.97 Å². The molecule has 0 unspecified atom stereocenters. The number of ether oxygens (including phenoxy) is 1. The minimum absolute atomic E-state index is 0.0616. The van der Waals surface area contributed by atoms with Crippen LogP contribution < -0.4 is 10.6 Å². The maximum atomic E-state index is 13.0. The van der Waals surface area contributed by atoms with Crippen LogP contribution in [0.15, 0.2) is 47.6 Å². The van der Waals surface area contributed by atoms with Crippen LogP contribution in [0.4, 0.5) is 5.69 Å². The summed E-state index contributed by atoms with van der Waals surface area (Å²) in [5.74, 6) is 0.290. The van der Waals surface area contributed by atoms with Gasteiger partial charge < -0.3 is 15.4 Å². The first-order valence-corrected chi connectivity index (χ1v) is 15.4. The minimum Gasteiger partial charge on any atom is -0.468 e. The van der Waals surface area contributed by atoms with Crippen LogP contribution >= 0.6 is 0 Å². The quantitative estimate of drug-likeness (QED) is 0.182. The van der Waals surface area contributed by atoms with Crippen molar-refractivity contribution in [1.29, 1.82) is 0 Å². The smallest absolute Gasteiger partial charge is 0.316 e. The first-order valence-electron chi connectivity index (χ1n) is 15.4. The zero-order valence-electron chi connectivity index (χ0n) is 24.3. The van der Waals surface area contributed by atoms with E-state index in [-0.39, 0.29) is 5.97 Å². The van der Waals surface area contributed by atoms with Crippen LogP contribution in [0.25, 0.3) is 10.9 Å². The van der Waals surface area contributed by atoms with E-state index in [1.165, 1.54) is 85.5 Å². The number of methoxy groups -OCH3 is 1. The number of para-hydroxylation sites is 1. The molecule has 1 heterocycles. The van der Waals surface area contributed by atoms with Crippen LogP contribution in [0.2, 0.25) is 0 Å². The highest BCUT2D eigenvalue weighted by molar-refractivity contribution is 5.93. The lowest BCUT2D eigenvalue weighted by Crippen LogP contribution is -2.50. The van der Waals surface area contributed by atoms with E-state index in [0.717, 1.165) is 50.7 Å². The van der Waals surface area contributed by atoms with Crippen molar-refractivity contribution in [2.24, 2.45) is 11.3 Å². The van der Waals surface area contributed by atoms with E-state index < -0.39 is 5.41 Å². The third-order valence-electron chi connectivity index (χ3n) is 9.30. The van der Waals surface area contributed by atoms with Crippen molar-refractivity contribution in [3.8, 4) is 0 Å². The summed E-state index contributed by atoms with van der Waals surface area (Å²) in [7, 11) is 1.53. The van der Waals surface area contributed by atoms with Gasteiger partial charge in [0.05, 0.1) is 18.0 Å². The lowest BCUT2D eigenvalue weighted by molar-refractivity contribution is -0.152. The number of pyridine rings is 1. The van der Waals surface area contributed by atoms with Gasteiger partial charge in [0.1, 0.15) is 0 Å². The van der Waals surface area contributed by atoms with Gasteiger partial charge in [-0.1, -0.05) is 55.2 Å². The van der Waals surface area contributed by atoms with Crippen LogP contribution in [-0.2, 0) is 22.4 Å². The maximum Gasteiger partial charge on any atom is 0.316 e. The van der Waals surface area contributed by atoms with Gasteiger partial charge in [0.2, 0.25) is 0 Å². The Morgan fingerprint density at radius 2 is 1.87 bits per heavy atom. The lowest BCUT2D eigenvalue weighted by Gasteiger charge is -2.47. The van der Waals surface area contributed by atoms with E-state index in [9.17, 15) is 4.79 Å². The molecule has 1 fully saturated rings. The molecule has 0 saturated heterocycles. The molecule has 0 radical (unpaired) electrons. The number of rotatable bonds is 11. The second kappa shape index (κ2) is 12.7. The fourth-order valence-corrected chi connectivity index (χ4v) is 7.61. The van der Waals surface area contributed by atoms with E-state index in [4.69, 9.17) is 9.72 Å². The lowest BCUT2D eigenvalue weighted by atomic mass is 9.58. The van der Waals surface area contributed by atoms with Crippen LogP contribution in [0.5, 0.6) is 0 Å². The SMILES string of the molecule is CC=C1[C@H]2C=C(C)C[C@]1(C(=O)OC)C[C@@H](NCCCCCCCNc1c3c(nc4ccccc14)CCCC3)C2. The standard InChI is InChI=1S/C34H47N3O2/c1-4-29-25-20-24(2)22-34(29,33(38)39-3)23-26(21-25)35-18-12-6-5-7-13-19-36-32-27-14-8-10-16-30(27)37-31-17-11-9-15-28(31)32/h4,8,10,14,16,20,25-26,35H,5-7,9,11-13,15,17-19,21-23H2,1-3H3,(H,36,37)/t25-,26-,34-/m0/s1. The highest BCUT2D eigenvalue weighted by atomic mass is 16.5. The maximum absolute atomic E-state index is 13.0. The van der Waals surface area contributed by atoms with Gasteiger partial charge in [-0.2, -0.15) is 0 Å². The number of fused-ring (bicyclic) bond motifs is 4. The van der Waals surface area contributed by atoms with Crippen molar-refractivity contribution >= 4 is 22.6 Å². The number of hydrogen-bond donors (Lipinski definition) is 2. The Kier molecular flexibility index (Phi) is 9.06. The van der Waals surface area contributed by atoms with E-state index >= 15 is 0 Å². The van der Waals surface area contributed by atoms with E-state index in [0.29, 0.717) is 12.0 Å². The van der Waals surface area contributed by atoms with Gasteiger partial charge in [-0.05, 0) is 95.4 Å². The average molecular weight is 530 g/mol. The fourth-order valence-electron chi connectivity index (χ4n) is 7.61. The van der Waals surface area contributed by atoms with Crippen molar-refractivity contribution in [2.75, 3.05) is 25.5 Å². The summed E-state index contributed by atoms with van der Waals surface area (Å²) in [5, 5.41) is 8.89. The topological polar surface area (TPSA) is 63.2 Å².